The molecule has 0 bridgehead atoms. The number of ether oxygens (including phenoxy) is 1. The van der Waals surface area contributed by atoms with Gasteiger partial charge in [0.15, 0.2) is 0 Å². The van der Waals surface area contributed by atoms with E-state index in [1.54, 1.807) is 0 Å². The van der Waals surface area contributed by atoms with Gasteiger partial charge in [0.05, 0.1) is 7.11 Å². The lowest BCUT2D eigenvalue weighted by Gasteiger charge is -1.90. The van der Waals surface area contributed by atoms with Crippen molar-refractivity contribution in [2.75, 3.05) is 7.11 Å². The first kappa shape index (κ1) is 12.4. The van der Waals surface area contributed by atoms with Crippen molar-refractivity contribution in [2.24, 2.45) is 5.73 Å². The Hall–Kier alpha value is -1.61. The molecule has 0 atom stereocenters. The van der Waals surface area contributed by atoms with Crippen LogP contribution < -0.4 is 5.73 Å². The van der Waals surface area contributed by atoms with E-state index in [4.69, 9.17) is 5.73 Å². The lowest BCUT2D eigenvalue weighted by molar-refractivity contribution is -0.134. The summed E-state index contributed by atoms with van der Waals surface area (Å²) in [5, 5.41) is 0. The monoisotopic (exact) mass is 193 g/mol. The molecule has 1 rings (SSSR count). The topological polar surface area (TPSA) is 52.3 Å². The van der Waals surface area contributed by atoms with Crippen molar-refractivity contribution < 1.29 is 9.53 Å². The Morgan fingerprint density at radius 1 is 1.50 bits per heavy atom. The van der Waals surface area contributed by atoms with Gasteiger partial charge < -0.3 is 10.5 Å². The molecule has 76 valence electrons. The first-order chi connectivity index (χ1) is 6.74. The maximum absolute atomic E-state index is 9.84. The summed E-state index contributed by atoms with van der Waals surface area (Å²) in [5.41, 5.74) is 6.54. The summed E-state index contributed by atoms with van der Waals surface area (Å²) in [6, 6.07) is 9.99. The molecule has 0 aromatic heterocycles. The molecule has 2 N–H and O–H groups in total. The van der Waals surface area contributed by atoms with E-state index in [0.717, 1.165) is 6.08 Å². The van der Waals surface area contributed by atoms with Gasteiger partial charge in [-0.3, -0.25) is 0 Å². The van der Waals surface area contributed by atoms with Crippen molar-refractivity contribution in [3.63, 3.8) is 0 Å². The molecule has 14 heavy (non-hydrogen) atoms. The zero-order chi connectivity index (χ0) is 10.8. The molecular weight excluding hydrogens is 178 g/mol. The molecule has 0 heterocycles. The van der Waals surface area contributed by atoms with Crippen LogP contribution in [-0.4, -0.2) is 13.1 Å². The van der Waals surface area contributed by atoms with Gasteiger partial charge in [-0.25, -0.2) is 4.79 Å². The van der Waals surface area contributed by atoms with E-state index in [0.29, 0.717) is 6.54 Å². The highest BCUT2D eigenvalue weighted by atomic mass is 16.5. The molecule has 0 aliphatic rings. The molecule has 0 aliphatic heterocycles. The lowest BCUT2D eigenvalue weighted by Crippen LogP contribution is -1.94. The van der Waals surface area contributed by atoms with Gasteiger partial charge in [-0.05, 0) is 5.56 Å². The fourth-order valence-corrected chi connectivity index (χ4v) is 0.697. The van der Waals surface area contributed by atoms with Crippen molar-refractivity contribution in [1.82, 2.24) is 0 Å². The Labute approximate surface area is 84.2 Å². The quantitative estimate of drug-likeness (QED) is 0.572. The summed E-state index contributed by atoms with van der Waals surface area (Å²) in [6.07, 6.45) is 1.11. The highest BCUT2D eigenvalue weighted by molar-refractivity contribution is 5.80. The van der Waals surface area contributed by atoms with Crippen LogP contribution in [0.4, 0.5) is 0 Å². The molecular formula is C11H15NO2. The first-order valence-electron chi connectivity index (χ1n) is 4.19. The number of hydrogen-bond acceptors (Lipinski definition) is 3. The highest BCUT2D eigenvalue weighted by Gasteiger charge is 1.82. The molecule has 0 unspecified atom stereocenters. The smallest absolute Gasteiger partial charge is 0.329 e. The average Bonchev–Trinajstić information content (AvgIpc) is 2.30. The molecule has 3 nitrogen and oxygen atoms in total. The Kier molecular flexibility index (Phi) is 7.09. The fraction of sp³-hybridized carbons (Fsp3) is 0.182. The van der Waals surface area contributed by atoms with Crippen LogP contribution in [0.5, 0.6) is 0 Å². The van der Waals surface area contributed by atoms with E-state index >= 15 is 0 Å². The van der Waals surface area contributed by atoms with Crippen LogP contribution in [0, 0.1) is 0 Å². The lowest BCUT2D eigenvalue weighted by atomic mass is 10.2. The molecule has 1 aromatic carbocycles. The average molecular weight is 193 g/mol. The Bertz CT molecular complexity index is 270. The predicted molar refractivity (Wildman–Crippen MR) is 56.5 cm³/mol. The molecule has 0 radical (unpaired) electrons. The summed E-state index contributed by atoms with van der Waals surface area (Å²) in [6.45, 7) is 3.80. The van der Waals surface area contributed by atoms with Gasteiger partial charge in [-0.15, -0.1) is 0 Å². The third-order valence-electron chi connectivity index (χ3n) is 1.45. The van der Waals surface area contributed by atoms with Gasteiger partial charge in [-0.1, -0.05) is 36.9 Å². The minimum absolute atomic E-state index is 0.394. The number of nitrogens with two attached hydrogens (primary N) is 1. The van der Waals surface area contributed by atoms with Crippen molar-refractivity contribution >= 4 is 5.97 Å². The molecule has 0 amide bonds. The van der Waals surface area contributed by atoms with E-state index in [-0.39, 0.29) is 0 Å². The van der Waals surface area contributed by atoms with Gasteiger partial charge in [-0.2, -0.15) is 0 Å². The zero-order valence-electron chi connectivity index (χ0n) is 8.27. The van der Waals surface area contributed by atoms with E-state index < -0.39 is 5.97 Å². The van der Waals surface area contributed by atoms with Crippen LogP contribution in [-0.2, 0) is 16.1 Å². The third-order valence-corrected chi connectivity index (χ3v) is 1.45. The molecule has 1 aromatic rings. The van der Waals surface area contributed by atoms with Gasteiger partial charge in [0.1, 0.15) is 0 Å². The molecule has 0 saturated heterocycles. The maximum atomic E-state index is 9.84. The van der Waals surface area contributed by atoms with Gasteiger partial charge in [0, 0.05) is 12.6 Å². The molecule has 0 spiro atoms. The van der Waals surface area contributed by atoms with E-state index in [1.807, 2.05) is 30.3 Å². The second-order valence-corrected chi connectivity index (χ2v) is 2.42. The van der Waals surface area contributed by atoms with Gasteiger partial charge in [0.25, 0.3) is 0 Å². The van der Waals surface area contributed by atoms with Crippen molar-refractivity contribution in [3.05, 3.63) is 48.6 Å². The van der Waals surface area contributed by atoms with Crippen LogP contribution in [0.2, 0.25) is 0 Å². The van der Waals surface area contributed by atoms with Crippen molar-refractivity contribution in [1.29, 1.82) is 0 Å². The number of carbonyl (C=O) groups is 1. The van der Waals surface area contributed by atoms with Crippen molar-refractivity contribution in [3.8, 4) is 0 Å². The van der Waals surface area contributed by atoms with Gasteiger partial charge in [0.2, 0.25) is 0 Å². The van der Waals surface area contributed by atoms with Crippen LogP contribution in [0.15, 0.2) is 43.0 Å². The van der Waals surface area contributed by atoms with Crippen LogP contribution >= 0.6 is 0 Å². The number of hydrogen-bond donors (Lipinski definition) is 1. The third kappa shape index (κ3) is 5.97. The second kappa shape index (κ2) is 8.01. The van der Waals surface area contributed by atoms with Crippen LogP contribution in [0.1, 0.15) is 5.56 Å². The minimum atomic E-state index is -0.394. The summed E-state index contributed by atoms with van der Waals surface area (Å²) < 4.78 is 4.14. The Balaban J connectivity index is 0.000000255. The van der Waals surface area contributed by atoms with E-state index in [9.17, 15) is 4.79 Å². The number of esters is 1. The number of carbonyl (C=O) groups excluding carboxylic acids is 1. The summed E-state index contributed by atoms with van der Waals surface area (Å²) in [5.74, 6) is -0.394. The van der Waals surface area contributed by atoms with E-state index in [1.165, 1.54) is 12.7 Å². The second-order valence-electron chi connectivity index (χ2n) is 2.42. The summed E-state index contributed by atoms with van der Waals surface area (Å²) in [7, 11) is 1.31. The molecule has 0 aliphatic carbocycles. The summed E-state index contributed by atoms with van der Waals surface area (Å²) in [4.78, 5) is 9.84. The molecule has 3 heteroatoms. The van der Waals surface area contributed by atoms with Crippen molar-refractivity contribution in [2.45, 2.75) is 6.54 Å². The van der Waals surface area contributed by atoms with Crippen LogP contribution in [0.25, 0.3) is 0 Å². The first-order valence-corrected chi connectivity index (χ1v) is 4.19. The zero-order valence-corrected chi connectivity index (χ0v) is 8.27. The number of methoxy groups -OCH3 is 1. The minimum Gasteiger partial charge on any atom is -0.466 e. The summed E-state index contributed by atoms with van der Waals surface area (Å²) >= 11 is 0. The Morgan fingerprint density at radius 2 is 2.07 bits per heavy atom. The predicted octanol–water partition coefficient (Wildman–Crippen LogP) is 1.49. The molecule has 0 fully saturated rings. The number of benzene rings is 1. The van der Waals surface area contributed by atoms with E-state index in [2.05, 4.69) is 11.3 Å². The normalized spacial score (nSPS) is 8.14. The highest BCUT2D eigenvalue weighted by Crippen LogP contribution is 1.94. The SMILES string of the molecule is C=CC(=O)OC.NCc1ccccc1. The largest absolute Gasteiger partial charge is 0.466 e. The molecule has 0 saturated carbocycles. The van der Waals surface area contributed by atoms with Gasteiger partial charge >= 0.3 is 5.97 Å². The van der Waals surface area contributed by atoms with Crippen LogP contribution in [0.3, 0.4) is 0 Å². The Morgan fingerprint density at radius 3 is 2.29 bits per heavy atom. The maximum Gasteiger partial charge on any atom is 0.329 e. The standard InChI is InChI=1S/C7H9N.C4H6O2/c8-6-7-4-2-1-3-5-7;1-3-4(5)6-2/h1-5H,6,8H2;3H,1H2,2H3. The number of rotatable bonds is 2. The fourth-order valence-electron chi connectivity index (χ4n) is 0.697.